The maximum Gasteiger partial charge on any atom is 0.265 e. The zero-order chi connectivity index (χ0) is 18.8. The Balaban J connectivity index is 2.08. The molecular formula is C15H25N5O4S. The maximum absolute atomic E-state index is 12.8. The summed E-state index contributed by atoms with van der Waals surface area (Å²) < 4.78 is 28.3. The van der Waals surface area contributed by atoms with E-state index in [-0.39, 0.29) is 35.6 Å². The van der Waals surface area contributed by atoms with Gasteiger partial charge in [0.2, 0.25) is 15.9 Å². The van der Waals surface area contributed by atoms with Gasteiger partial charge in [0.15, 0.2) is 0 Å². The highest BCUT2D eigenvalue weighted by atomic mass is 32.2. The van der Waals surface area contributed by atoms with Gasteiger partial charge in [-0.3, -0.25) is 14.5 Å². The number of rotatable bonds is 6. The van der Waals surface area contributed by atoms with Crippen LogP contribution < -0.4 is 11.1 Å². The van der Waals surface area contributed by atoms with Crippen molar-refractivity contribution in [2.24, 2.45) is 12.8 Å². The smallest absolute Gasteiger partial charge is 0.265 e. The van der Waals surface area contributed by atoms with Crippen molar-refractivity contribution in [2.45, 2.75) is 24.8 Å². The first-order chi connectivity index (χ1) is 11.7. The average Bonchev–Trinajstić information content (AvgIpc) is 2.97. The van der Waals surface area contributed by atoms with Crippen LogP contribution in [0.5, 0.6) is 0 Å². The quantitative estimate of drug-likeness (QED) is 0.662. The van der Waals surface area contributed by atoms with Crippen LogP contribution in [-0.4, -0.2) is 72.8 Å². The summed E-state index contributed by atoms with van der Waals surface area (Å²) in [5, 5.41) is 2.77. The molecule has 10 heteroatoms. The van der Waals surface area contributed by atoms with Gasteiger partial charge in [0.25, 0.3) is 5.91 Å². The molecule has 1 atom stereocenters. The molecule has 1 aromatic heterocycles. The van der Waals surface area contributed by atoms with E-state index < -0.39 is 15.9 Å². The number of carbonyl (C=O) groups is 2. The van der Waals surface area contributed by atoms with Crippen molar-refractivity contribution in [3.63, 3.8) is 0 Å². The third-order valence-corrected chi connectivity index (χ3v) is 6.29. The molecule has 1 aliphatic rings. The van der Waals surface area contributed by atoms with Crippen LogP contribution in [0, 0.1) is 0 Å². The predicted octanol–water partition coefficient (Wildman–Crippen LogP) is -1.05. The molecule has 1 fully saturated rings. The lowest BCUT2D eigenvalue weighted by Gasteiger charge is -2.36. The van der Waals surface area contributed by atoms with Crippen molar-refractivity contribution in [1.29, 1.82) is 0 Å². The fourth-order valence-corrected chi connectivity index (χ4v) is 4.38. The minimum atomic E-state index is -3.70. The van der Waals surface area contributed by atoms with Gasteiger partial charge in [0, 0.05) is 46.0 Å². The monoisotopic (exact) mass is 371 g/mol. The van der Waals surface area contributed by atoms with Crippen molar-refractivity contribution < 1.29 is 18.0 Å². The third-order valence-electron chi connectivity index (χ3n) is 4.42. The Hall–Kier alpha value is -1.91. The minimum absolute atomic E-state index is 0.0500. The summed E-state index contributed by atoms with van der Waals surface area (Å²) in [7, 11) is -2.12. The second kappa shape index (κ2) is 7.54. The summed E-state index contributed by atoms with van der Waals surface area (Å²) >= 11 is 0. The summed E-state index contributed by atoms with van der Waals surface area (Å²) in [6, 6.07) is 0.990. The first-order valence-corrected chi connectivity index (χ1v) is 9.60. The zero-order valence-corrected chi connectivity index (χ0v) is 15.5. The fraction of sp³-hybridized carbons (Fsp3) is 0.600. The highest BCUT2D eigenvalue weighted by molar-refractivity contribution is 7.89. The molecule has 0 radical (unpaired) electrons. The molecule has 3 N–H and O–H groups in total. The Morgan fingerprint density at radius 2 is 1.88 bits per heavy atom. The number of primary amides is 1. The molecule has 0 spiro atoms. The zero-order valence-electron chi connectivity index (χ0n) is 14.7. The standard InChI is InChI=1S/C15H25N5O4S/c1-4-17-15(22)11(2)19-5-7-20(8-6-19)25(23,24)12-9-13(14(16)21)18(3)10-12/h9-11H,4-8H2,1-3H3,(H2,16,21)(H,17,22)/t11-/m0/s1. The van der Waals surface area contributed by atoms with E-state index in [4.69, 9.17) is 5.73 Å². The normalized spacial score (nSPS) is 18.0. The van der Waals surface area contributed by atoms with Gasteiger partial charge in [0.1, 0.15) is 10.6 Å². The van der Waals surface area contributed by atoms with E-state index >= 15 is 0 Å². The number of carbonyl (C=O) groups excluding carboxylic acids is 2. The molecular weight excluding hydrogens is 346 g/mol. The van der Waals surface area contributed by atoms with Crippen molar-refractivity contribution in [2.75, 3.05) is 32.7 Å². The first-order valence-electron chi connectivity index (χ1n) is 8.16. The Morgan fingerprint density at radius 1 is 1.28 bits per heavy atom. The molecule has 0 saturated carbocycles. The number of likely N-dealkylation sites (N-methyl/N-ethyl adjacent to an activating group) is 1. The summed E-state index contributed by atoms with van der Waals surface area (Å²) in [6.07, 6.45) is 1.39. The van der Waals surface area contributed by atoms with E-state index in [1.165, 1.54) is 21.1 Å². The number of hydrogen-bond donors (Lipinski definition) is 2. The van der Waals surface area contributed by atoms with Gasteiger partial charge >= 0.3 is 0 Å². The Bertz CT molecular complexity index is 750. The lowest BCUT2D eigenvalue weighted by molar-refractivity contribution is -0.126. The number of hydrogen-bond acceptors (Lipinski definition) is 5. The van der Waals surface area contributed by atoms with Crippen LogP contribution in [0.25, 0.3) is 0 Å². The molecule has 0 aromatic carbocycles. The molecule has 25 heavy (non-hydrogen) atoms. The summed E-state index contributed by atoms with van der Waals surface area (Å²) in [4.78, 5) is 25.2. The number of nitrogens with one attached hydrogen (secondary N) is 1. The van der Waals surface area contributed by atoms with Gasteiger partial charge < -0.3 is 15.6 Å². The van der Waals surface area contributed by atoms with Gasteiger partial charge in [-0.1, -0.05) is 0 Å². The molecule has 0 aliphatic carbocycles. The highest BCUT2D eigenvalue weighted by Gasteiger charge is 2.32. The van der Waals surface area contributed by atoms with E-state index in [2.05, 4.69) is 5.32 Å². The molecule has 2 rings (SSSR count). The van der Waals surface area contributed by atoms with E-state index in [1.54, 1.807) is 7.05 Å². The molecule has 2 amide bonds. The van der Waals surface area contributed by atoms with Gasteiger partial charge in [-0.15, -0.1) is 0 Å². The minimum Gasteiger partial charge on any atom is -0.364 e. The van der Waals surface area contributed by atoms with E-state index in [1.807, 2.05) is 18.7 Å². The second-order valence-electron chi connectivity index (χ2n) is 6.05. The second-order valence-corrected chi connectivity index (χ2v) is 7.98. The molecule has 140 valence electrons. The largest absolute Gasteiger partial charge is 0.364 e. The van der Waals surface area contributed by atoms with Gasteiger partial charge in [-0.25, -0.2) is 8.42 Å². The van der Waals surface area contributed by atoms with Crippen LogP contribution in [0.15, 0.2) is 17.2 Å². The number of aromatic nitrogens is 1. The van der Waals surface area contributed by atoms with E-state index in [9.17, 15) is 18.0 Å². The van der Waals surface area contributed by atoms with Crippen LogP contribution in [-0.2, 0) is 21.9 Å². The van der Waals surface area contributed by atoms with E-state index in [0.717, 1.165) is 0 Å². The number of piperazine rings is 1. The van der Waals surface area contributed by atoms with Gasteiger partial charge in [-0.05, 0) is 19.9 Å². The summed E-state index contributed by atoms with van der Waals surface area (Å²) in [5.74, 6) is -0.738. The number of amides is 2. The predicted molar refractivity (Wildman–Crippen MR) is 92.4 cm³/mol. The number of aryl methyl sites for hydroxylation is 1. The molecule has 0 bridgehead atoms. The Labute approximate surface area is 147 Å². The van der Waals surface area contributed by atoms with Gasteiger partial charge in [-0.2, -0.15) is 4.31 Å². The number of nitrogens with zero attached hydrogens (tertiary/aromatic N) is 3. The topological polar surface area (TPSA) is 118 Å². The first kappa shape index (κ1) is 19.4. The van der Waals surface area contributed by atoms with Crippen LogP contribution >= 0.6 is 0 Å². The van der Waals surface area contributed by atoms with Crippen molar-refractivity contribution >= 4 is 21.8 Å². The third kappa shape index (κ3) is 4.02. The van der Waals surface area contributed by atoms with Crippen LogP contribution in [0.3, 0.4) is 0 Å². The van der Waals surface area contributed by atoms with Crippen LogP contribution in [0.4, 0.5) is 0 Å². The van der Waals surface area contributed by atoms with Crippen molar-refractivity contribution in [3.05, 3.63) is 18.0 Å². The average molecular weight is 371 g/mol. The van der Waals surface area contributed by atoms with Crippen molar-refractivity contribution in [3.8, 4) is 0 Å². The number of nitrogens with two attached hydrogens (primary N) is 1. The Kier molecular flexibility index (Phi) is 5.86. The molecule has 1 aliphatic heterocycles. The SMILES string of the molecule is CCNC(=O)[C@H](C)N1CCN(S(=O)(=O)c2cc(C(N)=O)n(C)c2)CC1. The van der Waals surface area contributed by atoms with Gasteiger partial charge in [0.05, 0.1) is 6.04 Å². The summed E-state index contributed by atoms with van der Waals surface area (Å²) in [5.41, 5.74) is 5.38. The molecule has 9 nitrogen and oxygen atoms in total. The lowest BCUT2D eigenvalue weighted by atomic mass is 10.2. The Morgan fingerprint density at radius 3 is 2.36 bits per heavy atom. The molecule has 1 saturated heterocycles. The lowest BCUT2D eigenvalue weighted by Crippen LogP contribution is -2.54. The fourth-order valence-electron chi connectivity index (χ4n) is 2.89. The van der Waals surface area contributed by atoms with E-state index in [0.29, 0.717) is 19.6 Å². The van der Waals surface area contributed by atoms with Crippen molar-refractivity contribution in [1.82, 2.24) is 19.1 Å². The van der Waals surface area contributed by atoms with Crippen LogP contribution in [0.2, 0.25) is 0 Å². The molecule has 1 aromatic rings. The maximum atomic E-state index is 12.8. The number of sulfonamides is 1. The highest BCUT2D eigenvalue weighted by Crippen LogP contribution is 2.20. The molecule has 0 unspecified atom stereocenters. The van der Waals surface area contributed by atoms with Crippen LogP contribution in [0.1, 0.15) is 24.3 Å². The summed E-state index contributed by atoms with van der Waals surface area (Å²) in [6.45, 7) is 5.73. The molecule has 2 heterocycles.